The number of nitrogens with two attached hydrogens (primary N) is 1. The van der Waals surface area contributed by atoms with Crippen LogP contribution in [0.1, 0.15) is 80.9 Å². The lowest BCUT2D eigenvalue weighted by atomic mass is 9.85. The number of amidine groups is 1. The van der Waals surface area contributed by atoms with Crippen LogP contribution in [0.3, 0.4) is 0 Å². The van der Waals surface area contributed by atoms with E-state index < -0.39 is 0 Å². The number of hydrogen-bond donors (Lipinski definition) is 2. The van der Waals surface area contributed by atoms with Crippen molar-refractivity contribution in [2.75, 3.05) is 19.7 Å². The quantitative estimate of drug-likeness (QED) is 0.169. The standard InChI is InChI=1S/C31H42N4O3.ClH/c1-2-3-21-38-30(36)27-13-15-28(16-14-27)35(22-23-7-5-4-6-8-23)31(37)34-19-17-25(18-20-34)24-9-11-26(12-10-24)29(32)33;/h4-12,25,27-28H,2-3,13-22H2,1H3,(H3,32,33);1H/t27-,28-;. The highest BCUT2D eigenvalue weighted by Gasteiger charge is 2.35. The van der Waals surface area contributed by atoms with Crippen LogP contribution in [-0.4, -0.2) is 53.4 Å². The molecule has 1 saturated carbocycles. The Morgan fingerprint density at radius 2 is 1.62 bits per heavy atom. The fourth-order valence-electron chi connectivity index (χ4n) is 5.71. The van der Waals surface area contributed by atoms with Gasteiger partial charge in [-0.15, -0.1) is 12.4 Å². The summed E-state index contributed by atoms with van der Waals surface area (Å²) in [5.41, 5.74) is 8.71. The summed E-state index contributed by atoms with van der Waals surface area (Å²) in [4.78, 5) is 30.4. The zero-order valence-corrected chi connectivity index (χ0v) is 23.8. The minimum absolute atomic E-state index is 0. The van der Waals surface area contributed by atoms with Gasteiger partial charge in [-0.05, 0) is 62.0 Å². The van der Waals surface area contributed by atoms with E-state index in [0.717, 1.165) is 75.6 Å². The van der Waals surface area contributed by atoms with Crippen molar-refractivity contribution in [1.82, 2.24) is 9.80 Å². The Kier molecular flexibility index (Phi) is 11.7. The predicted molar refractivity (Wildman–Crippen MR) is 157 cm³/mol. The van der Waals surface area contributed by atoms with Crippen molar-refractivity contribution in [1.29, 1.82) is 5.41 Å². The number of halogens is 1. The van der Waals surface area contributed by atoms with E-state index in [4.69, 9.17) is 15.9 Å². The molecule has 0 radical (unpaired) electrons. The molecule has 1 heterocycles. The number of carbonyl (C=O) groups excluding carboxylic acids is 2. The SMILES string of the molecule is CCCCOC(=O)[C@H]1CC[C@H](N(Cc2ccccc2)C(=O)N2CCC(c3ccc(C(=N)N)cc3)CC2)CC1.Cl. The molecule has 0 spiro atoms. The summed E-state index contributed by atoms with van der Waals surface area (Å²) in [6, 6.07) is 18.4. The van der Waals surface area contributed by atoms with E-state index in [1.54, 1.807) is 0 Å². The Morgan fingerprint density at radius 1 is 0.974 bits per heavy atom. The molecule has 1 aliphatic heterocycles. The molecule has 8 heteroatoms. The number of unbranched alkanes of at least 4 members (excludes halogenated alkanes) is 1. The van der Waals surface area contributed by atoms with Crippen LogP contribution in [0.25, 0.3) is 0 Å². The molecule has 0 bridgehead atoms. The molecule has 2 amide bonds. The number of benzene rings is 2. The normalized spacial score (nSPS) is 19.6. The second kappa shape index (κ2) is 14.9. The molecule has 4 rings (SSSR count). The van der Waals surface area contributed by atoms with Gasteiger partial charge in [-0.1, -0.05) is 67.9 Å². The van der Waals surface area contributed by atoms with E-state index in [2.05, 4.69) is 36.1 Å². The molecular weight excluding hydrogens is 512 g/mol. The molecule has 212 valence electrons. The van der Waals surface area contributed by atoms with Gasteiger partial charge in [0.05, 0.1) is 12.5 Å². The maximum absolute atomic E-state index is 13.9. The van der Waals surface area contributed by atoms with Crippen LogP contribution in [0.5, 0.6) is 0 Å². The van der Waals surface area contributed by atoms with Gasteiger partial charge in [0, 0.05) is 31.2 Å². The van der Waals surface area contributed by atoms with Crippen LogP contribution in [-0.2, 0) is 16.1 Å². The number of amides is 2. The van der Waals surface area contributed by atoms with Crippen LogP contribution in [0.15, 0.2) is 54.6 Å². The second-order valence-electron chi connectivity index (χ2n) is 10.7. The molecule has 2 fully saturated rings. The van der Waals surface area contributed by atoms with Gasteiger partial charge in [0.1, 0.15) is 5.84 Å². The van der Waals surface area contributed by atoms with E-state index in [0.29, 0.717) is 19.1 Å². The Morgan fingerprint density at radius 3 is 2.21 bits per heavy atom. The van der Waals surface area contributed by atoms with E-state index in [1.807, 2.05) is 35.2 Å². The Labute approximate surface area is 239 Å². The zero-order chi connectivity index (χ0) is 26.9. The number of rotatable bonds is 9. The molecule has 0 atom stereocenters. The predicted octanol–water partition coefficient (Wildman–Crippen LogP) is 6.10. The third kappa shape index (κ3) is 8.21. The Hall–Kier alpha value is -3.06. The summed E-state index contributed by atoms with van der Waals surface area (Å²) in [7, 11) is 0. The molecule has 2 aromatic rings. The van der Waals surface area contributed by atoms with Gasteiger partial charge in [-0.2, -0.15) is 0 Å². The fourth-order valence-corrected chi connectivity index (χ4v) is 5.71. The number of hydrogen-bond acceptors (Lipinski definition) is 4. The monoisotopic (exact) mass is 554 g/mol. The molecular formula is C31H43ClN4O3. The highest BCUT2D eigenvalue weighted by Crippen LogP contribution is 2.32. The molecule has 39 heavy (non-hydrogen) atoms. The van der Waals surface area contributed by atoms with Gasteiger partial charge in [-0.25, -0.2) is 4.79 Å². The number of urea groups is 1. The molecule has 1 saturated heterocycles. The largest absolute Gasteiger partial charge is 0.465 e. The molecule has 3 N–H and O–H groups in total. The fraction of sp³-hybridized carbons (Fsp3) is 0.516. The first-order valence-corrected chi connectivity index (χ1v) is 14.2. The van der Waals surface area contributed by atoms with Crippen LogP contribution in [0.4, 0.5) is 4.79 Å². The molecule has 1 aliphatic carbocycles. The van der Waals surface area contributed by atoms with Gasteiger partial charge < -0.3 is 20.3 Å². The van der Waals surface area contributed by atoms with Crippen molar-refractivity contribution in [3.8, 4) is 0 Å². The molecule has 2 aromatic carbocycles. The number of ether oxygens (including phenoxy) is 1. The smallest absolute Gasteiger partial charge is 0.320 e. The van der Waals surface area contributed by atoms with Crippen molar-refractivity contribution in [2.24, 2.45) is 11.7 Å². The van der Waals surface area contributed by atoms with E-state index >= 15 is 0 Å². The Balaban J connectivity index is 0.00000420. The lowest BCUT2D eigenvalue weighted by Gasteiger charge is -2.41. The van der Waals surface area contributed by atoms with Crippen molar-refractivity contribution in [3.63, 3.8) is 0 Å². The third-order valence-electron chi connectivity index (χ3n) is 8.11. The maximum atomic E-state index is 13.9. The molecule has 7 nitrogen and oxygen atoms in total. The second-order valence-corrected chi connectivity index (χ2v) is 10.7. The number of esters is 1. The van der Waals surface area contributed by atoms with Gasteiger partial charge in [0.2, 0.25) is 0 Å². The van der Waals surface area contributed by atoms with Crippen molar-refractivity contribution >= 4 is 30.2 Å². The summed E-state index contributed by atoms with van der Waals surface area (Å²) in [6.45, 7) is 4.63. The van der Waals surface area contributed by atoms with Gasteiger partial charge in [-0.3, -0.25) is 10.2 Å². The lowest BCUT2D eigenvalue weighted by Crippen LogP contribution is -2.51. The number of nitrogen functional groups attached to an aromatic ring is 1. The minimum Gasteiger partial charge on any atom is -0.465 e. The van der Waals surface area contributed by atoms with Crippen LogP contribution in [0, 0.1) is 11.3 Å². The van der Waals surface area contributed by atoms with Crippen LogP contribution in [0.2, 0.25) is 0 Å². The topological polar surface area (TPSA) is 99.7 Å². The highest BCUT2D eigenvalue weighted by atomic mass is 35.5. The summed E-state index contributed by atoms with van der Waals surface area (Å²) in [5, 5.41) is 7.60. The summed E-state index contributed by atoms with van der Waals surface area (Å²) in [6.07, 6.45) is 6.94. The first-order valence-electron chi connectivity index (χ1n) is 14.2. The van der Waals surface area contributed by atoms with Crippen LogP contribution >= 0.6 is 12.4 Å². The minimum atomic E-state index is -0.0729. The Bertz CT molecular complexity index is 1060. The summed E-state index contributed by atoms with van der Waals surface area (Å²) >= 11 is 0. The maximum Gasteiger partial charge on any atom is 0.320 e. The van der Waals surface area contributed by atoms with Crippen molar-refractivity contribution < 1.29 is 14.3 Å². The van der Waals surface area contributed by atoms with E-state index in [9.17, 15) is 9.59 Å². The van der Waals surface area contributed by atoms with Gasteiger partial charge in [0.15, 0.2) is 0 Å². The number of piperidine rings is 1. The first-order chi connectivity index (χ1) is 18.5. The number of nitrogens with zero attached hydrogens (tertiary/aromatic N) is 2. The number of likely N-dealkylation sites (tertiary alicyclic amines) is 1. The molecule has 2 aliphatic rings. The van der Waals surface area contributed by atoms with Gasteiger partial charge >= 0.3 is 12.0 Å². The van der Waals surface area contributed by atoms with Crippen molar-refractivity contribution in [2.45, 2.75) is 76.8 Å². The van der Waals surface area contributed by atoms with E-state index in [-0.39, 0.29) is 42.2 Å². The highest BCUT2D eigenvalue weighted by molar-refractivity contribution is 5.94. The van der Waals surface area contributed by atoms with Crippen molar-refractivity contribution in [3.05, 3.63) is 71.3 Å². The molecule has 0 unspecified atom stereocenters. The first kappa shape index (κ1) is 30.5. The number of carbonyl (C=O) groups is 2. The van der Waals surface area contributed by atoms with Gasteiger partial charge in [0.25, 0.3) is 0 Å². The molecule has 0 aromatic heterocycles. The zero-order valence-electron chi connectivity index (χ0n) is 23.0. The number of nitrogens with one attached hydrogen (secondary N) is 1. The average Bonchev–Trinajstić information content (AvgIpc) is 2.96. The average molecular weight is 555 g/mol. The van der Waals surface area contributed by atoms with Crippen LogP contribution < -0.4 is 5.73 Å². The summed E-state index contributed by atoms with van der Waals surface area (Å²) < 4.78 is 5.48. The third-order valence-corrected chi connectivity index (χ3v) is 8.11. The summed E-state index contributed by atoms with van der Waals surface area (Å²) in [5.74, 6) is 0.354. The lowest BCUT2D eigenvalue weighted by molar-refractivity contribution is -0.150. The van der Waals surface area contributed by atoms with E-state index in [1.165, 1.54) is 5.56 Å².